The average Bonchev–Trinajstić information content (AvgIpc) is 3.31. The van der Waals surface area contributed by atoms with Crippen LogP contribution >= 0.6 is 0 Å². The molecule has 9 aromatic rings. The summed E-state index contributed by atoms with van der Waals surface area (Å²) < 4.78 is 0. The first-order chi connectivity index (χ1) is 31.4. The Labute approximate surface area is 421 Å². The lowest BCUT2D eigenvalue weighted by atomic mass is 9.56. The van der Waals surface area contributed by atoms with E-state index in [0.29, 0.717) is 0 Å². The van der Waals surface area contributed by atoms with E-state index in [9.17, 15) is 0 Å². The molecule has 0 N–H and O–H groups in total. The van der Waals surface area contributed by atoms with Gasteiger partial charge in [-0.15, -0.1) is 54.6 Å². The van der Waals surface area contributed by atoms with Crippen molar-refractivity contribution in [2.75, 3.05) is 0 Å². The average molecular weight is 829 g/mol. The fourth-order valence-corrected chi connectivity index (χ4v) is 13.2. The van der Waals surface area contributed by atoms with Crippen molar-refractivity contribution in [2.45, 2.75) is 0 Å². The molecule has 0 amide bonds. The Hall–Kier alpha value is -4.23. The summed E-state index contributed by atoms with van der Waals surface area (Å²) in [6.45, 7) is 0. The minimum Gasteiger partial charge on any atom is -0.101 e. The van der Waals surface area contributed by atoms with Crippen molar-refractivity contribution in [3.8, 4) is 33.4 Å². The lowest BCUT2D eigenvalue weighted by Gasteiger charge is -2.33. The van der Waals surface area contributed by atoms with Gasteiger partial charge in [0.05, 0.1) is 0 Å². The van der Waals surface area contributed by atoms with Gasteiger partial charge in [-0.3, -0.25) is 0 Å². The fourth-order valence-electron chi connectivity index (χ4n) is 13.2. The third kappa shape index (κ3) is 6.26. The summed E-state index contributed by atoms with van der Waals surface area (Å²) in [5.74, 6) is 0. The number of fused-ring (bicyclic) bond motifs is 6. The van der Waals surface area contributed by atoms with Crippen molar-refractivity contribution in [1.82, 2.24) is 0 Å². The highest BCUT2D eigenvalue weighted by atomic mass is 14.3. The Bertz CT molecular complexity index is 3740. The van der Waals surface area contributed by atoms with Crippen molar-refractivity contribution in [3.63, 3.8) is 0 Å². The fraction of sp³-hybridized carbons (Fsp3) is 0. The zero-order chi connectivity index (χ0) is 49.1. The second kappa shape index (κ2) is 16.4. The van der Waals surface area contributed by atoms with Crippen molar-refractivity contribution in [2.24, 2.45) is 0 Å². The second-order valence-electron chi connectivity index (χ2n) is 21.4. The molecule has 0 aliphatic heterocycles. The molecule has 296 valence electrons. The standard InChI is InChI=1S/C44H51B23/c45-22-14(17-19(32(55)42(65)40(63)30(17)53)20-21(22)34(57)44(67)43(66)33(20)56)16-18-15(29(52)39(62)41(64)31(18)54)13(23(46)24(16)47)8-11-9(25(48)35(58)37(60)27(11)50)7(6-4-2-1-3-5-6)10-12(8)28(51)38(61)36(59)26(10)49/h1-5H,45-67H2. The van der Waals surface area contributed by atoms with Gasteiger partial charge in [-0.05, 0) is 87.2 Å². The van der Waals surface area contributed by atoms with Crippen molar-refractivity contribution in [3.05, 3.63) is 30.3 Å². The maximum Gasteiger partial charge on any atom is 0.140 e. The van der Waals surface area contributed by atoms with E-state index in [1.807, 2.05) is 0 Å². The van der Waals surface area contributed by atoms with Gasteiger partial charge in [-0.1, -0.05) is 101 Å². The van der Waals surface area contributed by atoms with E-state index >= 15 is 0 Å². The highest BCUT2D eigenvalue weighted by Crippen LogP contribution is 2.43. The maximum atomic E-state index is 2.47. The highest BCUT2D eigenvalue weighted by Gasteiger charge is 2.31. The van der Waals surface area contributed by atoms with Crippen LogP contribution < -0.4 is 126 Å². The summed E-state index contributed by atoms with van der Waals surface area (Å²) in [5, 5.41) is 14.2. The van der Waals surface area contributed by atoms with Crippen LogP contribution in [-0.4, -0.2) is 180 Å². The summed E-state index contributed by atoms with van der Waals surface area (Å²) in [4.78, 5) is 0. The predicted molar refractivity (Wildman–Crippen MR) is 378 cm³/mol. The molecular formula is C44H51B23. The maximum absolute atomic E-state index is 2.47. The Kier molecular flexibility index (Phi) is 11.7. The molecule has 0 saturated heterocycles. The van der Waals surface area contributed by atoms with Gasteiger partial charge in [-0.25, -0.2) is 0 Å². The number of benzene rings is 9. The molecule has 0 atom stereocenters. The summed E-state index contributed by atoms with van der Waals surface area (Å²) >= 11 is 0. The first-order valence-corrected chi connectivity index (χ1v) is 24.9. The van der Waals surface area contributed by atoms with Gasteiger partial charge in [0.1, 0.15) is 180 Å². The normalized spacial score (nSPS) is 11.8. The zero-order valence-electron chi connectivity index (χ0n) is 45.4. The topological polar surface area (TPSA) is 0 Å². The van der Waals surface area contributed by atoms with E-state index in [0.717, 1.165) is 0 Å². The minimum absolute atomic E-state index is 1.29. The molecule has 0 radical (unpaired) electrons. The Morgan fingerprint density at radius 3 is 0.687 bits per heavy atom. The number of rotatable bonds is 3. The Morgan fingerprint density at radius 1 is 0.149 bits per heavy atom. The molecular weight excluding hydrogens is 777 g/mol. The molecule has 0 fully saturated rings. The molecule has 0 aliphatic carbocycles. The monoisotopic (exact) mass is 833 g/mol. The molecule has 0 bridgehead atoms. The van der Waals surface area contributed by atoms with E-state index in [1.54, 1.807) is 0 Å². The van der Waals surface area contributed by atoms with Gasteiger partial charge in [-0.2, -0.15) is 0 Å². The van der Waals surface area contributed by atoms with Gasteiger partial charge >= 0.3 is 0 Å². The predicted octanol–water partition coefficient (Wildman–Crippen LogP) is -27.6. The SMILES string of the molecule is Bc1c(B)c(B)c2c(-c3c(B)c4c(B)c(B)c(B)c(B)c4c4c(B)c(B)c(B)c(B)c34)c(B)c(B)c(-c3c4c(B)c(B)c(B)c(B)c4c(-c4ccccc4)c4c(B)c(B)c(B)c(B)c34)c2c1B. The van der Waals surface area contributed by atoms with E-state index < -0.39 is 0 Å². The third-order valence-corrected chi connectivity index (χ3v) is 19.1. The van der Waals surface area contributed by atoms with Gasteiger partial charge < -0.3 is 0 Å². The van der Waals surface area contributed by atoms with Crippen LogP contribution in [0, 0.1) is 0 Å². The van der Waals surface area contributed by atoms with Gasteiger partial charge in [0.15, 0.2) is 0 Å². The van der Waals surface area contributed by atoms with E-state index in [-0.39, 0.29) is 0 Å². The van der Waals surface area contributed by atoms with E-state index in [2.05, 4.69) is 211 Å². The van der Waals surface area contributed by atoms with Crippen LogP contribution in [0.1, 0.15) is 0 Å². The van der Waals surface area contributed by atoms with Crippen LogP contribution in [0.3, 0.4) is 0 Å². The molecule has 0 nitrogen and oxygen atoms in total. The second-order valence-corrected chi connectivity index (χ2v) is 21.4. The lowest BCUT2D eigenvalue weighted by Crippen LogP contribution is -2.52. The van der Waals surface area contributed by atoms with Crippen LogP contribution in [-0.2, 0) is 0 Å². The minimum atomic E-state index is 1.29. The summed E-state index contributed by atoms with van der Waals surface area (Å²) in [6, 6.07) is 11.3. The molecule has 0 spiro atoms. The van der Waals surface area contributed by atoms with E-state index in [1.165, 1.54) is 213 Å². The van der Waals surface area contributed by atoms with Crippen LogP contribution in [0.5, 0.6) is 0 Å². The molecule has 9 rings (SSSR count). The smallest absolute Gasteiger partial charge is 0.101 e. The Balaban J connectivity index is 1.67. The van der Waals surface area contributed by atoms with Crippen molar-refractivity contribution < 1.29 is 0 Å². The third-order valence-electron chi connectivity index (χ3n) is 19.1. The van der Waals surface area contributed by atoms with E-state index in [4.69, 9.17) is 0 Å². The molecule has 9 aromatic carbocycles. The summed E-state index contributed by atoms with van der Waals surface area (Å²) in [5.41, 5.74) is 40.5. The highest BCUT2D eigenvalue weighted by molar-refractivity contribution is 6.77. The molecule has 0 heterocycles. The zero-order valence-corrected chi connectivity index (χ0v) is 45.4. The molecule has 67 heavy (non-hydrogen) atoms. The molecule has 0 aromatic heterocycles. The molecule has 0 saturated carbocycles. The largest absolute Gasteiger partial charge is 0.140 e. The molecule has 0 aliphatic rings. The number of hydrogen-bond acceptors (Lipinski definition) is 0. The molecule has 0 unspecified atom stereocenters. The van der Waals surface area contributed by atoms with Gasteiger partial charge in [0.25, 0.3) is 0 Å². The Morgan fingerprint density at radius 2 is 0.358 bits per heavy atom. The summed E-state index contributed by atoms with van der Waals surface area (Å²) in [6.07, 6.45) is 0. The lowest BCUT2D eigenvalue weighted by molar-refractivity contribution is 1.69. The van der Waals surface area contributed by atoms with Crippen LogP contribution in [0.15, 0.2) is 30.3 Å². The van der Waals surface area contributed by atoms with Gasteiger partial charge in [0.2, 0.25) is 0 Å². The quantitative estimate of drug-likeness (QED) is 0.0945. The van der Waals surface area contributed by atoms with Gasteiger partial charge in [0, 0.05) is 0 Å². The molecule has 23 heteroatoms. The first kappa shape index (κ1) is 47.8. The first-order valence-electron chi connectivity index (χ1n) is 24.9. The number of hydrogen-bond donors (Lipinski definition) is 0. The van der Waals surface area contributed by atoms with Crippen molar-refractivity contribution >= 4 is 360 Å². The van der Waals surface area contributed by atoms with Crippen LogP contribution in [0.25, 0.3) is 87.2 Å². The van der Waals surface area contributed by atoms with Crippen LogP contribution in [0.2, 0.25) is 0 Å². The van der Waals surface area contributed by atoms with Crippen molar-refractivity contribution in [1.29, 1.82) is 0 Å². The van der Waals surface area contributed by atoms with Crippen LogP contribution in [0.4, 0.5) is 0 Å². The summed E-state index contributed by atoms with van der Waals surface area (Å²) in [7, 11) is 55.0.